The zero-order chi connectivity index (χ0) is 10.8. The lowest BCUT2D eigenvalue weighted by molar-refractivity contribution is 0.206. The van der Waals surface area contributed by atoms with E-state index < -0.39 is 0 Å². The number of nitrogens with zero attached hydrogens (tertiary/aromatic N) is 1. The molecule has 0 radical (unpaired) electrons. The summed E-state index contributed by atoms with van der Waals surface area (Å²) in [7, 11) is 0. The van der Waals surface area contributed by atoms with Crippen LogP contribution in [-0.2, 0) is 0 Å². The normalized spacial score (nSPS) is 21.2. The number of aromatic nitrogens is 1. The Balaban J connectivity index is 2.40. The van der Waals surface area contributed by atoms with Gasteiger partial charge in [0.05, 0.1) is 6.10 Å². The second-order valence-electron chi connectivity index (χ2n) is 4.10. The van der Waals surface area contributed by atoms with Crippen LogP contribution < -0.4 is 5.73 Å². The summed E-state index contributed by atoms with van der Waals surface area (Å²) in [6, 6.07) is 2.03. The van der Waals surface area contributed by atoms with E-state index in [9.17, 15) is 5.11 Å². The summed E-state index contributed by atoms with van der Waals surface area (Å²) in [5.74, 6) is 0.556. The van der Waals surface area contributed by atoms with Crippen LogP contribution in [0.15, 0.2) is 18.3 Å². The standard InChI is InChI=1S/C12H16N2O/c1-8-5-11(12(13)14-7-8)9-3-2-4-10(15)6-9/h5-7,10,15H,2-4H2,1H3,(H2,13,14). The van der Waals surface area contributed by atoms with Crippen LogP contribution in [0.4, 0.5) is 5.82 Å². The first kappa shape index (κ1) is 10.2. The Morgan fingerprint density at radius 3 is 3.07 bits per heavy atom. The largest absolute Gasteiger partial charge is 0.389 e. The SMILES string of the molecule is Cc1cnc(N)c(C2=CC(O)CCC2)c1. The van der Waals surface area contributed by atoms with Gasteiger partial charge in [0.15, 0.2) is 0 Å². The number of aliphatic hydroxyl groups excluding tert-OH is 1. The highest BCUT2D eigenvalue weighted by atomic mass is 16.3. The first-order valence-corrected chi connectivity index (χ1v) is 5.28. The van der Waals surface area contributed by atoms with Crippen molar-refractivity contribution in [3.05, 3.63) is 29.5 Å². The van der Waals surface area contributed by atoms with Gasteiger partial charge in [-0.1, -0.05) is 6.08 Å². The Bertz CT molecular complexity index is 399. The summed E-state index contributed by atoms with van der Waals surface area (Å²) in [6.45, 7) is 2.00. The second-order valence-corrected chi connectivity index (χ2v) is 4.10. The van der Waals surface area contributed by atoms with Gasteiger partial charge >= 0.3 is 0 Å². The van der Waals surface area contributed by atoms with Crippen LogP contribution in [-0.4, -0.2) is 16.2 Å². The van der Waals surface area contributed by atoms with Crippen LogP contribution >= 0.6 is 0 Å². The van der Waals surface area contributed by atoms with Crippen LogP contribution in [0.25, 0.3) is 5.57 Å². The Morgan fingerprint density at radius 1 is 1.53 bits per heavy atom. The number of hydrogen-bond donors (Lipinski definition) is 2. The highest BCUT2D eigenvalue weighted by molar-refractivity contribution is 5.74. The highest BCUT2D eigenvalue weighted by Crippen LogP contribution is 2.29. The molecular weight excluding hydrogens is 188 g/mol. The summed E-state index contributed by atoms with van der Waals surface area (Å²) in [5, 5.41) is 9.56. The molecule has 3 nitrogen and oxygen atoms in total. The molecule has 1 aromatic heterocycles. The maximum Gasteiger partial charge on any atom is 0.130 e. The molecule has 1 aliphatic carbocycles. The van der Waals surface area contributed by atoms with E-state index in [-0.39, 0.29) is 6.10 Å². The molecule has 0 saturated carbocycles. The molecule has 0 bridgehead atoms. The van der Waals surface area contributed by atoms with Crippen LogP contribution in [0, 0.1) is 6.92 Å². The number of aliphatic hydroxyl groups is 1. The monoisotopic (exact) mass is 204 g/mol. The predicted molar refractivity (Wildman–Crippen MR) is 61.2 cm³/mol. The molecule has 1 atom stereocenters. The third kappa shape index (κ3) is 2.18. The van der Waals surface area contributed by atoms with E-state index in [4.69, 9.17) is 5.73 Å². The zero-order valence-electron chi connectivity index (χ0n) is 8.90. The van der Waals surface area contributed by atoms with E-state index in [0.29, 0.717) is 5.82 Å². The van der Waals surface area contributed by atoms with Crippen LogP contribution in [0.2, 0.25) is 0 Å². The van der Waals surface area contributed by atoms with Gasteiger partial charge in [-0.15, -0.1) is 0 Å². The minimum Gasteiger partial charge on any atom is -0.389 e. The molecule has 15 heavy (non-hydrogen) atoms. The molecular formula is C12H16N2O. The number of allylic oxidation sites excluding steroid dienone is 1. The van der Waals surface area contributed by atoms with E-state index in [0.717, 1.165) is 36.0 Å². The molecule has 1 heterocycles. The Kier molecular flexibility index (Phi) is 2.73. The fourth-order valence-corrected chi connectivity index (χ4v) is 1.96. The molecule has 0 amide bonds. The number of pyridine rings is 1. The molecule has 3 N–H and O–H groups in total. The van der Waals surface area contributed by atoms with E-state index in [1.807, 2.05) is 19.1 Å². The van der Waals surface area contributed by atoms with Crippen molar-refractivity contribution in [2.24, 2.45) is 0 Å². The third-order valence-electron chi connectivity index (χ3n) is 2.74. The van der Waals surface area contributed by atoms with Crippen molar-refractivity contribution in [1.29, 1.82) is 0 Å². The molecule has 1 unspecified atom stereocenters. The summed E-state index contributed by atoms with van der Waals surface area (Å²) in [4.78, 5) is 4.13. The summed E-state index contributed by atoms with van der Waals surface area (Å²) in [6.07, 6.45) is 6.18. The van der Waals surface area contributed by atoms with Gasteiger partial charge in [-0.05, 0) is 43.4 Å². The van der Waals surface area contributed by atoms with Crippen LogP contribution in [0.1, 0.15) is 30.4 Å². The molecule has 0 saturated heterocycles. The van der Waals surface area contributed by atoms with Crippen molar-refractivity contribution in [2.75, 3.05) is 5.73 Å². The molecule has 1 aliphatic rings. The summed E-state index contributed by atoms with van der Waals surface area (Å²) < 4.78 is 0. The molecule has 0 fully saturated rings. The van der Waals surface area contributed by atoms with Crippen molar-refractivity contribution in [3.63, 3.8) is 0 Å². The maximum absolute atomic E-state index is 9.56. The van der Waals surface area contributed by atoms with E-state index >= 15 is 0 Å². The second kappa shape index (κ2) is 4.03. The lowest BCUT2D eigenvalue weighted by Crippen LogP contribution is -2.09. The first-order chi connectivity index (χ1) is 7.16. The van der Waals surface area contributed by atoms with Gasteiger partial charge in [0.2, 0.25) is 0 Å². The van der Waals surface area contributed by atoms with Crippen molar-refractivity contribution < 1.29 is 5.11 Å². The molecule has 0 spiro atoms. The average molecular weight is 204 g/mol. The Morgan fingerprint density at radius 2 is 2.33 bits per heavy atom. The molecule has 1 aromatic rings. The minimum absolute atomic E-state index is 0.325. The Labute approximate surface area is 89.6 Å². The molecule has 0 aromatic carbocycles. The number of hydrogen-bond acceptors (Lipinski definition) is 3. The predicted octanol–water partition coefficient (Wildman–Crippen LogP) is 1.90. The smallest absolute Gasteiger partial charge is 0.130 e. The molecule has 3 heteroatoms. The quantitative estimate of drug-likeness (QED) is 0.734. The van der Waals surface area contributed by atoms with E-state index in [1.54, 1.807) is 6.20 Å². The van der Waals surface area contributed by atoms with Gasteiger partial charge in [-0.2, -0.15) is 0 Å². The summed E-state index contributed by atoms with van der Waals surface area (Å²) in [5.41, 5.74) is 9.04. The van der Waals surface area contributed by atoms with Crippen LogP contribution in [0.5, 0.6) is 0 Å². The van der Waals surface area contributed by atoms with Crippen molar-refractivity contribution >= 4 is 11.4 Å². The van der Waals surface area contributed by atoms with Crippen molar-refractivity contribution in [1.82, 2.24) is 4.98 Å². The fraction of sp³-hybridized carbons (Fsp3) is 0.417. The first-order valence-electron chi connectivity index (χ1n) is 5.28. The van der Waals surface area contributed by atoms with E-state index in [1.165, 1.54) is 0 Å². The van der Waals surface area contributed by atoms with Gasteiger partial charge < -0.3 is 10.8 Å². The lowest BCUT2D eigenvalue weighted by atomic mass is 9.92. The van der Waals surface area contributed by atoms with Crippen molar-refractivity contribution in [3.8, 4) is 0 Å². The van der Waals surface area contributed by atoms with E-state index in [2.05, 4.69) is 4.98 Å². The number of rotatable bonds is 1. The molecule has 0 aliphatic heterocycles. The third-order valence-corrected chi connectivity index (χ3v) is 2.74. The molecule has 2 rings (SSSR count). The van der Waals surface area contributed by atoms with Gasteiger partial charge in [-0.25, -0.2) is 4.98 Å². The van der Waals surface area contributed by atoms with Gasteiger partial charge in [0.25, 0.3) is 0 Å². The van der Waals surface area contributed by atoms with Gasteiger partial charge in [0.1, 0.15) is 5.82 Å². The van der Waals surface area contributed by atoms with Crippen LogP contribution in [0.3, 0.4) is 0 Å². The molecule has 80 valence electrons. The van der Waals surface area contributed by atoms with Gasteiger partial charge in [0, 0.05) is 11.8 Å². The van der Waals surface area contributed by atoms with Gasteiger partial charge in [-0.3, -0.25) is 0 Å². The fourth-order valence-electron chi connectivity index (χ4n) is 1.96. The summed E-state index contributed by atoms with van der Waals surface area (Å²) >= 11 is 0. The number of nitrogens with two attached hydrogens (primary N) is 1. The number of anilines is 1. The van der Waals surface area contributed by atoms with Crippen molar-refractivity contribution in [2.45, 2.75) is 32.3 Å². The number of aryl methyl sites for hydroxylation is 1. The zero-order valence-corrected chi connectivity index (χ0v) is 8.90. The minimum atomic E-state index is -0.325. The topological polar surface area (TPSA) is 59.1 Å². The average Bonchev–Trinajstić information content (AvgIpc) is 2.22. The maximum atomic E-state index is 9.56. The number of nitrogen functional groups attached to an aromatic ring is 1. The highest BCUT2D eigenvalue weighted by Gasteiger charge is 2.14. The Hall–Kier alpha value is -1.35. The lowest BCUT2D eigenvalue weighted by Gasteiger charge is -2.18.